The first kappa shape index (κ1) is 13.3. The summed E-state index contributed by atoms with van der Waals surface area (Å²) in [5, 5.41) is 5.90. The Morgan fingerprint density at radius 1 is 1.72 bits per heavy atom. The Labute approximate surface area is 111 Å². The van der Waals surface area contributed by atoms with Gasteiger partial charge in [-0.05, 0) is 13.3 Å². The van der Waals surface area contributed by atoms with Gasteiger partial charge in [-0.1, -0.05) is 6.92 Å². The summed E-state index contributed by atoms with van der Waals surface area (Å²) in [5.74, 6) is 0. The molecule has 18 heavy (non-hydrogen) atoms. The molecule has 1 aliphatic heterocycles. The minimum Gasteiger partial charge on any atom is -0.375 e. The van der Waals surface area contributed by atoms with Gasteiger partial charge in [-0.3, -0.25) is 0 Å². The second kappa shape index (κ2) is 6.15. The van der Waals surface area contributed by atoms with Gasteiger partial charge in [0.15, 0.2) is 0 Å². The standard InChI is InChI=1S/C12H19N3O2S/c1-3-11-7-15(4-5-17-11)12(16)13-6-10-8-18-9(2)14-10/h8,11H,3-7H2,1-2H3,(H,13,16). The predicted octanol–water partition coefficient (Wildman–Crippen LogP) is 1.77. The second-order valence-corrected chi connectivity index (χ2v) is 5.43. The molecule has 0 saturated carbocycles. The van der Waals surface area contributed by atoms with Crippen molar-refractivity contribution in [3.63, 3.8) is 0 Å². The fourth-order valence-corrected chi connectivity index (χ4v) is 2.53. The van der Waals surface area contributed by atoms with Crippen LogP contribution in [0.25, 0.3) is 0 Å². The van der Waals surface area contributed by atoms with Crippen molar-refractivity contribution in [3.8, 4) is 0 Å². The van der Waals surface area contributed by atoms with Gasteiger partial charge in [0.2, 0.25) is 0 Å². The van der Waals surface area contributed by atoms with Gasteiger partial charge in [-0.25, -0.2) is 9.78 Å². The van der Waals surface area contributed by atoms with Crippen LogP contribution in [0.3, 0.4) is 0 Å². The van der Waals surface area contributed by atoms with Crippen LogP contribution in [-0.4, -0.2) is 41.7 Å². The molecule has 0 aliphatic carbocycles. The number of carbonyl (C=O) groups excluding carboxylic acids is 1. The molecule has 1 saturated heterocycles. The van der Waals surface area contributed by atoms with Gasteiger partial charge in [0.25, 0.3) is 0 Å². The van der Waals surface area contributed by atoms with E-state index in [9.17, 15) is 4.79 Å². The highest BCUT2D eigenvalue weighted by atomic mass is 32.1. The zero-order valence-corrected chi connectivity index (χ0v) is 11.6. The number of hydrogen-bond acceptors (Lipinski definition) is 4. The molecule has 1 aliphatic rings. The maximum absolute atomic E-state index is 12.0. The van der Waals surface area contributed by atoms with Crippen LogP contribution in [0.1, 0.15) is 24.0 Å². The van der Waals surface area contributed by atoms with E-state index in [2.05, 4.69) is 17.2 Å². The number of aromatic nitrogens is 1. The summed E-state index contributed by atoms with van der Waals surface area (Å²) in [4.78, 5) is 18.1. The second-order valence-electron chi connectivity index (χ2n) is 4.36. The van der Waals surface area contributed by atoms with Gasteiger partial charge in [-0.15, -0.1) is 11.3 Å². The van der Waals surface area contributed by atoms with Crippen LogP contribution in [-0.2, 0) is 11.3 Å². The molecule has 2 heterocycles. The Morgan fingerprint density at radius 3 is 3.22 bits per heavy atom. The quantitative estimate of drug-likeness (QED) is 0.910. The summed E-state index contributed by atoms with van der Waals surface area (Å²) in [7, 11) is 0. The van der Waals surface area contributed by atoms with E-state index in [1.54, 1.807) is 11.3 Å². The van der Waals surface area contributed by atoms with E-state index >= 15 is 0 Å². The molecule has 1 aromatic heterocycles. The van der Waals surface area contributed by atoms with Crippen molar-refractivity contribution in [2.24, 2.45) is 0 Å². The lowest BCUT2D eigenvalue weighted by Gasteiger charge is -2.32. The zero-order valence-electron chi connectivity index (χ0n) is 10.8. The van der Waals surface area contributed by atoms with Gasteiger partial charge in [0.05, 0.1) is 30.0 Å². The van der Waals surface area contributed by atoms with Crippen LogP contribution in [0.4, 0.5) is 4.79 Å². The Morgan fingerprint density at radius 2 is 2.56 bits per heavy atom. The van der Waals surface area contributed by atoms with Crippen molar-refractivity contribution in [2.45, 2.75) is 32.9 Å². The fraction of sp³-hybridized carbons (Fsp3) is 0.667. The lowest BCUT2D eigenvalue weighted by Crippen LogP contribution is -2.49. The summed E-state index contributed by atoms with van der Waals surface area (Å²) < 4.78 is 5.54. The molecule has 1 unspecified atom stereocenters. The van der Waals surface area contributed by atoms with E-state index in [1.165, 1.54) is 0 Å². The third kappa shape index (κ3) is 3.43. The number of carbonyl (C=O) groups is 1. The highest BCUT2D eigenvalue weighted by Gasteiger charge is 2.22. The van der Waals surface area contributed by atoms with Crippen molar-refractivity contribution in [1.29, 1.82) is 0 Å². The summed E-state index contributed by atoms with van der Waals surface area (Å²) in [6.07, 6.45) is 1.11. The largest absolute Gasteiger partial charge is 0.375 e. The highest BCUT2D eigenvalue weighted by Crippen LogP contribution is 2.10. The number of hydrogen-bond donors (Lipinski definition) is 1. The molecule has 2 amide bonds. The maximum Gasteiger partial charge on any atom is 0.317 e. The van der Waals surface area contributed by atoms with Gasteiger partial charge in [-0.2, -0.15) is 0 Å². The summed E-state index contributed by atoms with van der Waals surface area (Å²) in [6.45, 7) is 6.50. The molecule has 1 atom stereocenters. The van der Waals surface area contributed by atoms with Crippen molar-refractivity contribution >= 4 is 17.4 Å². The smallest absolute Gasteiger partial charge is 0.317 e. The first-order chi connectivity index (χ1) is 8.69. The summed E-state index contributed by atoms with van der Waals surface area (Å²) in [6, 6.07) is -0.0256. The molecule has 0 radical (unpaired) electrons. The minimum absolute atomic E-state index is 0.0256. The normalized spacial score (nSPS) is 19.9. The van der Waals surface area contributed by atoms with Crippen LogP contribution in [0.5, 0.6) is 0 Å². The summed E-state index contributed by atoms with van der Waals surface area (Å²) >= 11 is 1.60. The molecule has 2 rings (SSSR count). The number of ether oxygens (including phenoxy) is 1. The number of nitrogens with one attached hydrogen (secondary N) is 1. The third-order valence-corrected chi connectivity index (χ3v) is 3.79. The number of amides is 2. The van der Waals surface area contributed by atoms with Gasteiger partial charge in [0, 0.05) is 18.5 Å². The zero-order chi connectivity index (χ0) is 13.0. The first-order valence-electron chi connectivity index (χ1n) is 6.24. The van der Waals surface area contributed by atoms with Crippen molar-refractivity contribution in [1.82, 2.24) is 15.2 Å². The molecule has 6 heteroatoms. The molecule has 0 spiro atoms. The van der Waals surface area contributed by atoms with Crippen LogP contribution in [0.15, 0.2) is 5.38 Å². The lowest BCUT2D eigenvalue weighted by molar-refractivity contribution is -0.0154. The van der Waals surface area contributed by atoms with E-state index in [-0.39, 0.29) is 12.1 Å². The Hall–Kier alpha value is -1.14. The molecule has 1 aromatic rings. The van der Waals surface area contributed by atoms with Crippen LogP contribution < -0.4 is 5.32 Å². The first-order valence-corrected chi connectivity index (χ1v) is 7.12. The van der Waals surface area contributed by atoms with Gasteiger partial charge < -0.3 is 15.0 Å². The van der Waals surface area contributed by atoms with Crippen LogP contribution >= 0.6 is 11.3 Å². The fourth-order valence-electron chi connectivity index (χ4n) is 1.92. The number of morpholine rings is 1. The number of rotatable bonds is 3. The van der Waals surface area contributed by atoms with E-state index in [0.717, 1.165) is 17.1 Å². The van der Waals surface area contributed by atoms with Gasteiger partial charge in [0.1, 0.15) is 0 Å². The SMILES string of the molecule is CCC1CN(C(=O)NCc2csc(C)n2)CCO1. The van der Waals surface area contributed by atoms with Crippen molar-refractivity contribution in [2.75, 3.05) is 19.7 Å². The summed E-state index contributed by atoms with van der Waals surface area (Å²) in [5.41, 5.74) is 0.922. The Bertz CT molecular complexity index is 408. The minimum atomic E-state index is -0.0256. The lowest BCUT2D eigenvalue weighted by atomic mass is 10.2. The third-order valence-electron chi connectivity index (χ3n) is 2.97. The number of nitrogens with zero attached hydrogens (tertiary/aromatic N) is 2. The van der Waals surface area contributed by atoms with Crippen LogP contribution in [0, 0.1) is 6.92 Å². The van der Waals surface area contributed by atoms with E-state index in [0.29, 0.717) is 26.2 Å². The number of aryl methyl sites for hydroxylation is 1. The molecular weight excluding hydrogens is 250 g/mol. The van der Waals surface area contributed by atoms with Crippen LogP contribution in [0.2, 0.25) is 0 Å². The van der Waals surface area contributed by atoms with E-state index in [4.69, 9.17) is 4.74 Å². The number of urea groups is 1. The molecule has 0 bridgehead atoms. The van der Waals surface area contributed by atoms with Crippen molar-refractivity contribution in [3.05, 3.63) is 16.1 Å². The molecule has 0 aromatic carbocycles. The molecular formula is C12H19N3O2S. The number of thiazole rings is 1. The monoisotopic (exact) mass is 269 g/mol. The topological polar surface area (TPSA) is 54.5 Å². The molecule has 100 valence electrons. The average molecular weight is 269 g/mol. The molecule has 1 fully saturated rings. The van der Waals surface area contributed by atoms with E-state index < -0.39 is 0 Å². The highest BCUT2D eigenvalue weighted by molar-refractivity contribution is 7.09. The molecule has 5 nitrogen and oxygen atoms in total. The Balaban J connectivity index is 1.80. The maximum atomic E-state index is 12.0. The predicted molar refractivity (Wildman–Crippen MR) is 70.7 cm³/mol. The Kier molecular flexibility index (Phi) is 4.54. The van der Waals surface area contributed by atoms with Gasteiger partial charge >= 0.3 is 6.03 Å². The van der Waals surface area contributed by atoms with E-state index in [1.807, 2.05) is 17.2 Å². The molecule has 1 N–H and O–H groups in total. The average Bonchev–Trinajstić information content (AvgIpc) is 2.82. The van der Waals surface area contributed by atoms with Crippen molar-refractivity contribution < 1.29 is 9.53 Å².